The predicted octanol–water partition coefficient (Wildman–Crippen LogP) is 3.29. The first-order valence-corrected chi connectivity index (χ1v) is 10.1. The molecule has 0 radical (unpaired) electrons. The van der Waals surface area contributed by atoms with Crippen LogP contribution in [0.2, 0.25) is 0 Å². The summed E-state index contributed by atoms with van der Waals surface area (Å²) in [6, 6.07) is 12.0. The molecule has 0 spiro atoms. The summed E-state index contributed by atoms with van der Waals surface area (Å²) >= 11 is 0. The molecule has 0 bridgehead atoms. The lowest BCUT2D eigenvalue weighted by Gasteiger charge is -2.39. The SMILES string of the molecule is c1cc(CN2CC(Oc3ccc(-c4noc(C5CCOCC5)n4)cc3)C2)ccn1. The number of rotatable bonds is 6. The van der Waals surface area contributed by atoms with Crippen molar-refractivity contribution in [1.29, 1.82) is 0 Å². The van der Waals surface area contributed by atoms with Crippen LogP contribution in [0.25, 0.3) is 11.4 Å². The summed E-state index contributed by atoms with van der Waals surface area (Å²) in [5.74, 6) is 2.52. The van der Waals surface area contributed by atoms with E-state index in [4.69, 9.17) is 14.0 Å². The molecular weight excluding hydrogens is 368 g/mol. The number of hydrogen-bond donors (Lipinski definition) is 0. The monoisotopic (exact) mass is 392 g/mol. The standard InChI is InChI=1S/C22H24N4O3/c1-3-19(28-20-14-26(15-20)13-16-5-9-23-10-6-16)4-2-17(1)21-24-22(29-25-21)18-7-11-27-12-8-18/h1-6,9-10,18,20H,7-8,11-15H2. The Balaban J connectivity index is 1.14. The number of likely N-dealkylation sites (tertiary alicyclic amines) is 1. The smallest absolute Gasteiger partial charge is 0.230 e. The minimum absolute atomic E-state index is 0.230. The van der Waals surface area contributed by atoms with Gasteiger partial charge in [-0.25, -0.2) is 0 Å². The van der Waals surface area contributed by atoms with Gasteiger partial charge in [0.25, 0.3) is 0 Å². The number of pyridine rings is 1. The van der Waals surface area contributed by atoms with Gasteiger partial charge in [0.2, 0.25) is 11.7 Å². The molecule has 2 aliphatic rings. The van der Waals surface area contributed by atoms with E-state index in [1.807, 2.05) is 36.7 Å². The van der Waals surface area contributed by atoms with Gasteiger partial charge in [0, 0.05) is 56.7 Å². The van der Waals surface area contributed by atoms with E-state index in [-0.39, 0.29) is 6.10 Å². The van der Waals surface area contributed by atoms with Gasteiger partial charge in [0.15, 0.2) is 0 Å². The van der Waals surface area contributed by atoms with E-state index in [2.05, 4.69) is 32.2 Å². The minimum atomic E-state index is 0.230. The molecule has 2 fully saturated rings. The van der Waals surface area contributed by atoms with E-state index in [0.717, 1.165) is 57.0 Å². The molecule has 0 unspecified atom stereocenters. The maximum atomic E-state index is 6.08. The van der Waals surface area contributed by atoms with Crippen molar-refractivity contribution in [3.8, 4) is 17.1 Å². The molecule has 7 nitrogen and oxygen atoms in total. The van der Waals surface area contributed by atoms with E-state index in [9.17, 15) is 0 Å². The average molecular weight is 392 g/mol. The van der Waals surface area contributed by atoms with Crippen LogP contribution in [0.4, 0.5) is 0 Å². The Kier molecular flexibility index (Phi) is 5.23. The number of aromatic nitrogens is 3. The van der Waals surface area contributed by atoms with Gasteiger partial charge < -0.3 is 14.0 Å². The van der Waals surface area contributed by atoms with Gasteiger partial charge in [0.05, 0.1) is 0 Å². The second-order valence-corrected chi connectivity index (χ2v) is 7.66. The van der Waals surface area contributed by atoms with Crippen LogP contribution in [-0.4, -0.2) is 52.4 Å². The van der Waals surface area contributed by atoms with Crippen LogP contribution in [-0.2, 0) is 11.3 Å². The molecule has 1 aromatic carbocycles. The van der Waals surface area contributed by atoms with Crippen LogP contribution < -0.4 is 4.74 Å². The van der Waals surface area contributed by atoms with Crippen molar-refractivity contribution in [1.82, 2.24) is 20.0 Å². The first-order valence-electron chi connectivity index (χ1n) is 10.1. The van der Waals surface area contributed by atoms with Gasteiger partial charge in [-0.05, 0) is 54.8 Å². The third-order valence-electron chi connectivity index (χ3n) is 5.51. The Morgan fingerprint density at radius 3 is 2.52 bits per heavy atom. The summed E-state index contributed by atoms with van der Waals surface area (Å²) in [5, 5.41) is 4.15. The van der Waals surface area contributed by atoms with Crippen LogP contribution in [0.5, 0.6) is 5.75 Å². The third-order valence-corrected chi connectivity index (χ3v) is 5.51. The van der Waals surface area contributed by atoms with E-state index < -0.39 is 0 Å². The van der Waals surface area contributed by atoms with Crippen LogP contribution in [0, 0.1) is 0 Å². The quantitative estimate of drug-likeness (QED) is 0.637. The molecule has 0 aliphatic carbocycles. The number of benzene rings is 1. The second-order valence-electron chi connectivity index (χ2n) is 7.66. The van der Waals surface area contributed by atoms with Gasteiger partial charge in [-0.1, -0.05) is 5.16 Å². The Bertz CT molecular complexity index is 917. The van der Waals surface area contributed by atoms with Crippen molar-refractivity contribution in [2.45, 2.75) is 31.4 Å². The fourth-order valence-electron chi connectivity index (χ4n) is 3.81. The summed E-state index contributed by atoms with van der Waals surface area (Å²) in [6.07, 6.45) is 5.78. The Morgan fingerprint density at radius 2 is 1.76 bits per heavy atom. The minimum Gasteiger partial charge on any atom is -0.488 e. The van der Waals surface area contributed by atoms with Crippen LogP contribution in [0.1, 0.15) is 30.2 Å². The molecular formula is C22H24N4O3. The lowest BCUT2D eigenvalue weighted by atomic mass is 10.0. The summed E-state index contributed by atoms with van der Waals surface area (Å²) in [4.78, 5) is 11.0. The number of ether oxygens (including phenoxy) is 2. The lowest BCUT2D eigenvalue weighted by molar-refractivity contribution is 0.0146. The highest BCUT2D eigenvalue weighted by atomic mass is 16.5. The zero-order chi connectivity index (χ0) is 19.5. The normalized spacial score (nSPS) is 18.5. The number of hydrogen-bond acceptors (Lipinski definition) is 7. The van der Waals surface area contributed by atoms with Crippen LogP contribution in [0.15, 0.2) is 53.3 Å². The molecule has 0 amide bonds. The maximum absolute atomic E-state index is 6.08. The van der Waals surface area contributed by atoms with Gasteiger partial charge in [0.1, 0.15) is 11.9 Å². The zero-order valence-electron chi connectivity index (χ0n) is 16.2. The lowest BCUT2D eigenvalue weighted by Crippen LogP contribution is -2.53. The van der Waals surface area contributed by atoms with E-state index >= 15 is 0 Å². The molecule has 3 aromatic rings. The molecule has 4 heterocycles. The van der Waals surface area contributed by atoms with Crippen molar-refractivity contribution < 1.29 is 14.0 Å². The van der Waals surface area contributed by atoms with Gasteiger partial charge in [-0.2, -0.15) is 4.98 Å². The first-order chi connectivity index (χ1) is 14.3. The van der Waals surface area contributed by atoms with Crippen molar-refractivity contribution >= 4 is 0 Å². The first kappa shape index (κ1) is 18.3. The average Bonchev–Trinajstić information content (AvgIpc) is 3.24. The van der Waals surface area contributed by atoms with Crippen molar-refractivity contribution in [2.75, 3.05) is 26.3 Å². The maximum Gasteiger partial charge on any atom is 0.230 e. The van der Waals surface area contributed by atoms with Crippen molar-refractivity contribution in [2.24, 2.45) is 0 Å². The topological polar surface area (TPSA) is 73.5 Å². The fourth-order valence-corrected chi connectivity index (χ4v) is 3.81. The molecule has 2 saturated heterocycles. The summed E-state index contributed by atoms with van der Waals surface area (Å²) in [7, 11) is 0. The highest BCUT2D eigenvalue weighted by Crippen LogP contribution is 2.28. The van der Waals surface area contributed by atoms with Gasteiger partial charge >= 0.3 is 0 Å². The molecule has 2 aromatic heterocycles. The Labute approximate surface area is 169 Å². The highest BCUT2D eigenvalue weighted by molar-refractivity contribution is 5.55. The van der Waals surface area contributed by atoms with E-state index in [1.165, 1.54) is 5.56 Å². The van der Waals surface area contributed by atoms with Gasteiger partial charge in [-0.3, -0.25) is 9.88 Å². The van der Waals surface area contributed by atoms with Crippen molar-refractivity contribution in [3.05, 3.63) is 60.2 Å². The van der Waals surface area contributed by atoms with E-state index in [0.29, 0.717) is 17.6 Å². The van der Waals surface area contributed by atoms with E-state index in [1.54, 1.807) is 0 Å². The third kappa shape index (κ3) is 4.31. The van der Waals surface area contributed by atoms with Crippen LogP contribution in [0.3, 0.4) is 0 Å². The summed E-state index contributed by atoms with van der Waals surface area (Å²) < 4.78 is 17.0. The van der Waals surface area contributed by atoms with Crippen molar-refractivity contribution in [3.63, 3.8) is 0 Å². The molecule has 2 aliphatic heterocycles. The fraction of sp³-hybridized carbons (Fsp3) is 0.409. The Morgan fingerprint density at radius 1 is 1.00 bits per heavy atom. The molecule has 29 heavy (non-hydrogen) atoms. The summed E-state index contributed by atoms with van der Waals surface area (Å²) in [5.41, 5.74) is 2.22. The molecule has 150 valence electrons. The Hall–Kier alpha value is -2.77. The molecule has 0 saturated carbocycles. The second kappa shape index (κ2) is 8.31. The number of nitrogens with zero attached hydrogens (tertiary/aromatic N) is 4. The zero-order valence-corrected chi connectivity index (χ0v) is 16.2. The molecule has 0 N–H and O–H groups in total. The predicted molar refractivity (Wildman–Crippen MR) is 106 cm³/mol. The molecule has 5 rings (SSSR count). The largest absolute Gasteiger partial charge is 0.488 e. The van der Waals surface area contributed by atoms with Crippen LogP contribution >= 0.6 is 0 Å². The molecule has 0 atom stereocenters. The molecule has 7 heteroatoms. The highest BCUT2D eigenvalue weighted by Gasteiger charge is 2.28. The van der Waals surface area contributed by atoms with Gasteiger partial charge in [-0.15, -0.1) is 0 Å². The summed E-state index contributed by atoms with van der Waals surface area (Å²) in [6.45, 7) is 4.33.